The minimum absolute atomic E-state index is 0.00181. The average Bonchev–Trinajstić information content (AvgIpc) is 2.49. The van der Waals surface area contributed by atoms with Gasteiger partial charge in [0, 0.05) is 6.54 Å². The van der Waals surface area contributed by atoms with E-state index in [1.807, 2.05) is 6.92 Å². The van der Waals surface area contributed by atoms with Crippen LogP contribution >= 0.6 is 0 Å². The van der Waals surface area contributed by atoms with Crippen molar-refractivity contribution in [2.45, 2.75) is 25.3 Å². The Bertz CT molecular complexity index is 164. The molecule has 1 saturated heterocycles. The molecule has 1 heterocycles. The zero-order chi connectivity index (χ0) is 9.03. The van der Waals surface area contributed by atoms with Gasteiger partial charge in [-0.15, -0.1) is 0 Å². The SMILES string of the molecule is CC1(C(=O)NCCO)CCCN1. The molecular weight excluding hydrogens is 156 g/mol. The molecule has 1 rings (SSSR count). The first-order chi connectivity index (χ1) is 5.69. The lowest BCUT2D eigenvalue weighted by atomic mass is 9.99. The second-order valence-corrected chi connectivity index (χ2v) is 3.34. The molecule has 70 valence electrons. The summed E-state index contributed by atoms with van der Waals surface area (Å²) in [6.07, 6.45) is 1.92. The molecule has 1 atom stereocenters. The summed E-state index contributed by atoms with van der Waals surface area (Å²) in [5, 5.41) is 14.3. The molecule has 0 spiro atoms. The summed E-state index contributed by atoms with van der Waals surface area (Å²) < 4.78 is 0. The molecule has 4 nitrogen and oxygen atoms in total. The van der Waals surface area contributed by atoms with Crippen LogP contribution in [0.25, 0.3) is 0 Å². The third kappa shape index (κ3) is 1.95. The van der Waals surface area contributed by atoms with E-state index in [2.05, 4.69) is 10.6 Å². The molecule has 0 radical (unpaired) electrons. The number of amides is 1. The van der Waals surface area contributed by atoms with Crippen LogP contribution in [0, 0.1) is 0 Å². The molecule has 0 aliphatic carbocycles. The van der Waals surface area contributed by atoms with Crippen LogP contribution < -0.4 is 10.6 Å². The van der Waals surface area contributed by atoms with Crippen molar-refractivity contribution in [3.63, 3.8) is 0 Å². The van der Waals surface area contributed by atoms with Crippen LogP contribution in [-0.4, -0.2) is 36.2 Å². The van der Waals surface area contributed by atoms with E-state index in [1.165, 1.54) is 0 Å². The topological polar surface area (TPSA) is 61.4 Å². The van der Waals surface area contributed by atoms with Gasteiger partial charge >= 0.3 is 0 Å². The van der Waals surface area contributed by atoms with Crippen molar-refractivity contribution in [3.05, 3.63) is 0 Å². The maximum Gasteiger partial charge on any atom is 0.240 e. The van der Waals surface area contributed by atoms with E-state index in [-0.39, 0.29) is 12.5 Å². The van der Waals surface area contributed by atoms with Crippen molar-refractivity contribution in [2.75, 3.05) is 19.7 Å². The standard InChI is InChI=1S/C8H16N2O2/c1-8(3-2-4-10-8)7(12)9-5-6-11/h10-11H,2-6H2,1H3,(H,9,12). The predicted octanol–water partition coefficient (Wildman–Crippen LogP) is -0.763. The van der Waals surface area contributed by atoms with Crippen molar-refractivity contribution in [1.82, 2.24) is 10.6 Å². The van der Waals surface area contributed by atoms with Crippen LogP contribution in [0.3, 0.4) is 0 Å². The Hall–Kier alpha value is -0.610. The van der Waals surface area contributed by atoms with Gasteiger partial charge in [-0.05, 0) is 26.3 Å². The molecular formula is C8H16N2O2. The van der Waals surface area contributed by atoms with Crippen LogP contribution in [0.2, 0.25) is 0 Å². The Balaban J connectivity index is 2.39. The van der Waals surface area contributed by atoms with E-state index >= 15 is 0 Å². The van der Waals surface area contributed by atoms with Gasteiger partial charge in [0.2, 0.25) is 5.91 Å². The molecule has 0 aromatic carbocycles. The quantitative estimate of drug-likeness (QED) is 0.524. The number of carbonyl (C=O) groups is 1. The summed E-state index contributed by atoms with van der Waals surface area (Å²) >= 11 is 0. The van der Waals surface area contributed by atoms with Gasteiger partial charge in [0.25, 0.3) is 0 Å². The van der Waals surface area contributed by atoms with Gasteiger partial charge in [-0.1, -0.05) is 0 Å². The molecule has 1 fully saturated rings. The number of aliphatic hydroxyl groups excluding tert-OH is 1. The number of rotatable bonds is 3. The van der Waals surface area contributed by atoms with Gasteiger partial charge in [-0.3, -0.25) is 4.79 Å². The Morgan fingerprint density at radius 1 is 1.75 bits per heavy atom. The summed E-state index contributed by atoms with van der Waals surface area (Å²) in [5.74, 6) is -0.00551. The molecule has 1 amide bonds. The van der Waals surface area contributed by atoms with Crippen molar-refractivity contribution in [2.24, 2.45) is 0 Å². The fourth-order valence-electron chi connectivity index (χ4n) is 1.45. The molecule has 1 unspecified atom stereocenters. The fourth-order valence-corrected chi connectivity index (χ4v) is 1.45. The van der Waals surface area contributed by atoms with Crippen molar-refractivity contribution in [3.8, 4) is 0 Å². The van der Waals surface area contributed by atoms with Gasteiger partial charge < -0.3 is 15.7 Å². The van der Waals surface area contributed by atoms with E-state index in [1.54, 1.807) is 0 Å². The van der Waals surface area contributed by atoms with E-state index in [0.717, 1.165) is 19.4 Å². The highest BCUT2D eigenvalue weighted by molar-refractivity contribution is 5.86. The summed E-state index contributed by atoms with van der Waals surface area (Å²) in [6, 6.07) is 0. The monoisotopic (exact) mass is 172 g/mol. The highest BCUT2D eigenvalue weighted by Crippen LogP contribution is 2.17. The normalized spacial score (nSPS) is 28.8. The summed E-state index contributed by atoms with van der Waals surface area (Å²) in [7, 11) is 0. The van der Waals surface area contributed by atoms with E-state index in [0.29, 0.717) is 6.54 Å². The molecule has 1 aliphatic rings. The van der Waals surface area contributed by atoms with E-state index in [9.17, 15) is 4.79 Å². The molecule has 0 bridgehead atoms. The lowest BCUT2D eigenvalue weighted by Gasteiger charge is -2.22. The van der Waals surface area contributed by atoms with Gasteiger partial charge in [0.05, 0.1) is 12.1 Å². The smallest absolute Gasteiger partial charge is 0.240 e. The summed E-state index contributed by atoms with van der Waals surface area (Å²) in [6.45, 7) is 3.15. The molecule has 0 aromatic rings. The zero-order valence-corrected chi connectivity index (χ0v) is 7.39. The molecule has 0 saturated carbocycles. The fraction of sp³-hybridized carbons (Fsp3) is 0.875. The molecule has 3 N–H and O–H groups in total. The lowest BCUT2D eigenvalue weighted by molar-refractivity contribution is -0.126. The minimum Gasteiger partial charge on any atom is -0.395 e. The van der Waals surface area contributed by atoms with Crippen LogP contribution in [0.1, 0.15) is 19.8 Å². The largest absolute Gasteiger partial charge is 0.395 e. The predicted molar refractivity (Wildman–Crippen MR) is 45.7 cm³/mol. The summed E-state index contributed by atoms with van der Waals surface area (Å²) in [5.41, 5.74) is -0.408. The molecule has 12 heavy (non-hydrogen) atoms. The number of carbonyl (C=O) groups excluding carboxylic acids is 1. The Morgan fingerprint density at radius 2 is 2.50 bits per heavy atom. The lowest BCUT2D eigenvalue weighted by Crippen LogP contribution is -2.51. The van der Waals surface area contributed by atoms with Gasteiger partial charge in [-0.25, -0.2) is 0 Å². The number of aliphatic hydroxyl groups is 1. The highest BCUT2D eigenvalue weighted by Gasteiger charge is 2.35. The molecule has 0 aromatic heterocycles. The molecule has 1 aliphatic heterocycles. The van der Waals surface area contributed by atoms with Crippen LogP contribution in [0.4, 0.5) is 0 Å². The summed E-state index contributed by atoms with van der Waals surface area (Å²) in [4.78, 5) is 11.4. The zero-order valence-electron chi connectivity index (χ0n) is 7.39. The number of hydrogen-bond donors (Lipinski definition) is 3. The maximum atomic E-state index is 11.4. The number of nitrogens with one attached hydrogen (secondary N) is 2. The van der Waals surface area contributed by atoms with Gasteiger partial charge in [0.1, 0.15) is 0 Å². The second-order valence-electron chi connectivity index (χ2n) is 3.34. The van der Waals surface area contributed by atoms with E-state index < -0.39 is 5.54 Å². The Morgan fingerprint density at radius 3 is 3.00 bits per heavy atom. The Kier molecular flexibility index (Phi) is 3.05. The van der Waals surface area contributed by atoms with Crippen LogP contribution in [-0.2, 0) is 4.79 Å². The van der Waals surface area contributed by atoms with Crippen molar-refractivity contribution >= 4 is 5.91 Å². The second kappa shape index (κ2) is 3.87. The highest BCUT2D eigenvalue weighted by atomic mass is 16.3. The minimum atomic E-state index is -0.408. The first-order valence-corrected chi connectivity index (χ1v) is 4.33. The van der Waals surface area contributed by atoms with E-state index in [4.69, 9.17) is 5.11 Å². The third-order valence-corrected chi connectivity index (χ3v) is 2.27. The van der Waals surface area contributed by atoms with Gasteiger partial charge in [-0.2, -0.15) is 0 Å². The molecule has 4 heteroatoms. The number of hydrogen-bond acceptors (Lipinski definition) is 3. The Labute approximate surface area is 72.3 Å². The first kappa shape index (κ1) is 9.48. The van der Waals surface area contributed by atoms with Crippen molar-refractivity contribution < 1.29 is 9.90 Å². The van der Waals surface area contributed by atoms with Crippen LogP contribution in [0.15, 0.2) is 0 Å². The van der Waals surface area contributed by atoms with Crippen molar-refractivity contribution in [1.29, 1.82) is 0 Å². The third-order valence-electron chi connectivity index (χ3n) is 2.27. The maximum absolute atomic E-state index is 11.4. The first-order valence-electron chi connectivity index (χ1n) is 4.33. The van der Waals surface area contributed by atoms with Crippen LogP contribution in [0.5, 0.6) is 0 Å². The van der Waals surface area contributed by atoms with Gasteiger partial charge in [0.15, 0.2) is 0 Å². The average molecular weight is 172 g/mol.